The Hall–Kier alpha value is -2.23. The van der Waals surface area contributed by atoms with Crippen LogP contribution in [0.4, 0.5) is 0 Å². The molecule has 0 saturated heterocycles. The number of hydrogen-bond acceptors (Lipinski definition) is 3. The Labute approximate surface area is 98.8 Å². The lowest BCUT2D eigenvalue weighted by atomic mass is 10.2. The molecule has 4 nitrogen and oxygen atoms in total. The van der Waals surface area contributed by atoms with Crippen LogP contribution in [0.25, 0.3) is 22.7 Å². The van der Waals surface area contributed by atoms with E-state index in [-0.39, 0.29) is 0 Å². The van der Waals surface area contributed by atoms with Crippen molar-refractivity contribution in [2.24, 2.45) is 0 Å². The van der Waals surface area contributed by atoms with Crippen molar-refractivity contribution in [2.45, 2.75) is 13.8 Å². The summed E-state index contributed by atoms with van der Waals surface area (Å²) in [7, 11) is 0. The van der Waals surface area contributed by atoms with Gasteiger partial charge in [0.15, 0.2) is 11.5 Å². The minimum Gasteiger partial charge on any atom is -0.335 e. The van der Waals surface area contributed by atoms with Crippen LogP contribution in [0.15, 0.2) is 30.6 Å². The van der Waals surface area contributed by atoms with Gasteiger partial charge in [0.05, 0.1) is 5.52 Å². The zero-order chi connectivity index (χ0) is 11.8. The molecule has 3 aromatic heterocycles. The van der Waals surface area contributed by atoms with Crippen molar-refractivity contribution < 1.29 is 0 Å². The Bertz CT molecular complexity index is 685. The molecule has 0 bridgehead atoms. The van der Waals surface area contributed by atoms with Crippen molar-refractivity contribution in [2.75, 3.05) is 0 Å². The van der Waals surface area contributed by atoms with Crippen LogP contribution in [0.2, 0.25) is 0 Å². The van der Waals surface area contributed by atoms with Gasteiger partial charge in [-0.15, -0.1) is 0 Å². The molecule has 0 aliphatic carbocycles. The number of aromatic nitrogens is 4. The predicted octanol–water partition coefficient (Wildman–Crippen LogP) is 2.64. The van der Waals surface area contributed by atoms with Crippen LogP contribution in [0.1, 0.15) is 11.1 Å². The van der Waals surface area contributed by atoms with E-state index in [2.05, 4.69) is 19.9 Å². The molecule has 0 radical (unpaired) electrons. The summed E-state index contributed by atoms with van der Waals surface area (Å²) in [6.07, 6.45) is 3.59. The first-order valence-corrected chi connectivity index (χ1v) is 5.48. The smallest absolute Gasteiger partial charge is 0.178 e. The highest BCUT2D eigenvalue weighted by Gasteiger charge is 2.09. The van der Waals surface area contributed by atoms with E-state index in [1.54, 1.807) is 6.20 Å². The van der Waals surface area contributed by atoms with Crippen molar-refractivity contribution in [3.05, 3.63) is 41.7 Å². The van der Waals surface area contributed by atoms with Gasteiger partial charge in [0, 0.05) is 12.4 Å². The number of nitrogens with one attached hydrogen (secondary N) is 1. The zero-order valence-electron chi connectivity index (χ0n) is 9.73. The molecule has 0 atom stereocenters. The third kappa shape index (κ3) is 1.67. The minimum absolute atomic E-state index is 0.732. The Morgan fingerprint density at radius 2 is 2.06 bits per heavy atom. The standard InChI is InChI=1S/C13H12N4/c1-8-6-10-12(15-7-8)17-13(16-10)11-9(2)4-3-5-14-11/h3-7H,1-2H3,(H,15,16,17). The van der Waals surface area contributed by atoms with E-state index in [1.165, 1.54) is 0 Å². The normalized spacial score (nSPS) is 10.9. The first-order chi connectivity index (χ1) is 8.24. The molecular weight excluding hydrogens is 212 g/mol. The second kappa shape index (κ2) is 3.66. The van der Waals surface area contributed by atoms with Crippen molar-refractivity contribution in [1.82, 2.24) is 19.9 Å². The monoisotopic (exact) mass is 224 g/mol. The van der Waals surface area contributed by atoms with Gasteiger partial charge >= 0.3 is 0 Å². The largest absolute Gasteiger partial charge is 0.335 e. The van der Waals surface area contributed by atoms with Gasteiger partial charge in [-0.05, 0) is 37.1 Å². The summed E-state index contributed by atoms with van der Waals surface area (Å²) >= 11 is 0. The lowest BCUT2D eigenvalue weighted by Gasteiger charge is -1.98. The van der Waals surface area contributed by atoms with Crippen LogP contribution in [0.5, 0.6) is 0 Å². The number of imidazole rings is 1. The average Bonchev–Trinajstić information content (AvgIpc) is 2.72. The molecule has 1 N–H and O–H groups in total. The Morgan fingerprint density at radius 3 is 2.88 bits per heavy atom. The third-order valence-corrected chi connectivity index (χ3v) is 2.71. The molecule has 0 aromatic carbocycles. The predicted molar refractivity (Wildman–Crippen MR) is 66.6 cm³/mol. The molecular formula is C13H12N4. The number of H-pyrrole nitrogens is 1. The van der Waals surface area contributed by atoms with Crippen LogP contribution >= 0.6 is 0 Å². The number of pyridine rings is 2. The quantitative estimate of drug-likeness (QED) is 0.691. The fourth-order valence-corrected chi connectivity index (χ4v) is 1.85. The Balaban J connectivity index is 2.22. The Kier molecular flexibility index (Phi) is 2.14. The van der Waals surface area contributed by atoms with Gasteiger partial charge in [0.25, 0.3) is 0 Å². The molecule has 84 valence electrons. The second-order valence-corrected chi connectivity index (χ2v) is 4.14. The molecule has 0 aliphatic heterocycles. The summed E-state index contributed by atoms with van der Waals surface area (Å²) in [6, 6.07) is 5.98. The number of aromatic amines is 1. The number of hydrogen-bond donors (Lipinski definition) is 1. The number of rotatable bonds is 1. The fraction of sp³-hybridized carbons (Fsp3) is 0.154. The molecule has 3 aromatic rings. The molecule has 0 unspecified atom stereocenters. The number of aryl methyl sites for hydroxylation is 2. The number of nitrogens with zero attached hydrogens (tertiary/aromatic N) is 3. The van der Waals surface area contributed by atoms with Gasteiger partial charge in [-0.2, -0.15) is 0 Å². The lowest BCUT2D eigenvalue weighted by molar-refractivity contribution is 1.20. The topological polar surface area (TPSA) is 54.5 Å². The van der Waals surface area contributed by atoms with Crippen molar-refractivity contribution in [3.8, 4) is 11.5 Å². The maximum absolute atomic E-state index is 4.46. The van der Waals surface area contributed by atoms with Gasteiger partial charge in [0.1, 0.15) is 5.69 Å². The summed E-state index contributed by atoms with van der Waals surface area (Å²) < 4.78 is 0. The zero-order valence-corrected chi connectivity index (χ0v) is 9.73. The minimum atomic E-state index is 0.732. The number of fused-ring (bicyclic) bond motifs is 1. The van der Waals surface area contributed by atoms with Crippen molar-refractivity contribution in [1.29, 1.82) is 0 Å². The van der Waals surface area contributed by atoms with Gasteiger partial charge < -0.3 is 4.98 Å². The molecule has 3 heterocycles. The van der Waals surface area contributed by atoms with E-state index in [4.69, 9.17) is 0 Å². The lowest BCUT2D eigenvalue weighted by Crippen LogP contribution is -1.88. The third-order valence-electron chi connectivity index (χ3n) is 2.71. The maximum Gasteiger partial charge on any atom is 0.178 e. The van der Waals surface area contributed by atoms with E-state index in [9.17, 15) is 0 Å². The van der Waals surface area contributed by atoms with Crippen LogP contribution in [-0.2, 0) is 0 Å². The molecule has 4 heteroatoms. The van der Waals surface area contributed by atoms with Crippen molar-refractivity contribution >= 4 is 11.2 Å². The highest BCUT2D eigenvalue weighted by Crippen LogP contribution is 2.20. The first kappa shape index (κ1) is 9.96. The van der Waals surface area contributed by atoms with E-state index >= 15 is 0 Å². The molecule has 17 heavy (non-hydrogen) atoms. The van der Waals surface area contributed by atoms with E-state index in [0.717, 1.165) is 33.8 Å². The van der Waals surface area contributed by atoms with E-state index in [1.807, 2.05) is 38.2 Å². The summed E-state index contributed by atoms with van der Waals surface area (Å²) in [5.74, 6) is 0.774. The molecule has 0 amide bonds. The summed E-state index contributed by atoms with van der Waals surface area (Å²) in [6.45, 7) is 4.03. The van der Waals surface area contributed by atoms with Gasteiger partial charge in [0.2, 0.25) is 0 Å². The highest BCUT2D eigenvalue weighted by molar-refractivity contribution is 5.75. The Morgan fingerprint density at radius 1 is 1.18 bits per heavy atom. The van der Waals surface area contributed by atoms with Gasteiger partial charge in [-0.25, -0.2) is 9.97 Å². The molecule has 0 fully saturated rings. The van der Waals surface area contributed by atoms with Crippen molar-refractivity contribution in [3.63, 3.8) is 0 Å². The molecule has 0 aliphatic rings. The van der Waals surface area contributed by atoms with Gasteiger partial charge in [-0.1, -0.05) is 6.07 Å². The highest BCUT2D eigenvalue weighted by atomic mass is 15.0. The molecule has 0 saturated carbocycles. The van der Waals surface area contributed by atoms with Gasteiger partial charge in [-0.3, -0.25) is 4.98 Å². The fourth-order valence-electron chi connectivity index (χ4n) is 1.85. The maximum atomic E-state index is 4.46. The van der Waals surface area contributed by atoms with Crippen LogP contribution in [-0.4, -0.2) is 19.9 Å². The molecule has 3 rings (SSSR count). The van der Waals surface area contributed by atoms with Crippen LogP contribution in [0, 0.1) is 13.8 Å². The van der Waals surface area contributed by atoms with Crippen LogP contribution in [0.3, 0.4) is 0 Å². The summed E-state index contributed by atoms with van der Waals surface area (Å²) in [4.78, 5) is 16.3. The molecule has 0 spiro atoms. The second-order valence-electron chi connectivity index (χ2n) is 4.14. The SMILES string of the molecule is Cc1cnc2nc(-c3ncccc3C)[nH]c2c1. The first-order valence-electron chi connectivity index (χ1n) is 5.48. The average molecular weight is 224 g/mol. The summed E-state index contributed by atoms with van der Waals surface area (Å²) in [5, 5.41) is 0. The van der Waals surface area contributed by atoms with Crippen LogP contribution < -0.4 is 0 Å². The van der Waals surface area contributed by atoms with E-state index < -0.39 is 0 Å². The van der Waals surface area contributed by atoms with E-state index in [0.29, 0.717) is 0 Å². The summed E-state index contributed by atoms with van der Waals surface area (Å²) in [5.41, 5.74) is 4.78.